The second-order valence-electron chi connectivity index (χ2n) is 7.02. The molecule has 0 amide bonds. The standard InChI is InChI=1S/C15H23ClN6O3S/c1-9(2)6-13-19-14(16)11-7-17-15(20-22(11)13)18-10-4-5-21(8-12(10)23)26(3,24)25/h7,9-10,12,23H,4-6,8H2,1-3H3,(H,18,20)/t10-,12-/m1/s1. The van der Waals surface area contributed by atoms with Gasteiger partial charge < -0.3 is 10.4 Å². The van der Waals surface area contributed by atoms with Crippen LogP contribution in [0.2, 0.25) is 5.15 Å². The first-order valence-corrected chi connectivity index (χ1v) is 10.7. The minimum absolute atomic E-state index is 0.0498. The molecule has 0 aromatic carbocycles. The van der Waals surface area contributed by atoms with Crippen LogP contribution < -0.4 is 5.32 Å². The molecule has 1 fully saturated rings. The van der Waals surface area contributed by atoms with Gasteiger partial charge in [0.15, 0.2) is 5.15 Å². The molecule has 2 aromatic heterocycles. The molecule has 0 bridgehead atoms. The first kappa shape index (κ1) is 19.3. The molecule has 0 saturated carbocycles. The number of aliphatic hydroxyl groups excluding tert-OH is 1. The lowest BCUT2D eigenvalue weighted by molar-refractivity contribution is 0.0950. The van der Waals surface area contributed by atoms with E-state index in [1.165, 1.54) is 4.31 Å². The molecule has 2 N–H and O–H groups in total. The molecule has 144 valence electrons. The van der Waals surface area contributed by atoms with E-state index in [2.05, 4.69) is 34.2 Å². The molecule has 1 aliphatic heterocycles. The molecule has 2 atom stereocenters. The Bertz CT molecular complexity index is 900. The van der Waals surface area contributed by atoms with Crippen molar-refractivity contribution in [2.45, 2.75) is 38.8 Å². The number of hydrogen-bond acceptors (Lipinski definition) is 7. The van der Waals surface area contributed by atoms with Gasteiger partial charge in [-0.25, -0.2) is 22.9 Å². The number of anilines is 1. The summed E-state index contributed by atoms with van der Waals surface area (Å²) in [5.41, 5.74) is 0.625. The molecule has 3 heterocycles. The van der Waals surface area contributed by atoms with Crippen LogP contribution >= 0.6 is 11.6 Å². The average Bonchev–Trinajstić information content (AvgIpc) is 2.83. The predicted molar refractivity (Wildman–Crippen MR) is 98.8 cm³/mol. The second kappa shape index (κ2) is 7.26. The third-order valence-corrected chi connectivity index (χ3v) is 5.88. The number of sulfonamides is 1. The molecule has 0 spiro atoms. The van der Waals surface area contributed by atoms with Gasteiger partial charge in [0.25, 0.3) is 0 Å². The highest BCUT2D eigenvalue weighted by Crippen LogP contribution is 2.21. The fourth-order valence-electron chi connectivity index (χ4n) is 3.01. The molecule has 0 unspecified atom stereocenters. The Kier molecular flexibility index (Phi) is 5.38. The quantitative estimate of drug-likeness (QED) is 0.759. The van der Waals surface area contributed by atoms with E-state index in [4.69, 9.17) is 11.6 Å². The van der Waals surface area contributed by atoms with E-state index in [0.717, 1.165) is 18.5 Å². The van der Waals surface area contributed by atoms with E-state index in [-0.39, 0.29) is 12.6 Å². The van der Waals surface area contributed by atoms with Gasteiger partial charge in [-0.3, -0.25) is 0 Å². The van der Waals surface area contributed by atoms with E-state index in [1.807, 2.05) is 0 Å². The van der Waals surface area contributed by atoms with Crippen LogP contribution in [0.5, 0.6) is 0 Å². The number of halogens is 1. The Balaban J connectivity index is 1.79. The number of nitrogens with one attached hydrogen (secondary N) is 1. The van der Waals surface area contributed by atoms with Crippen LogP contribution in [0.15, 0.2) is 6.20 Å². The minimum atomic E-state index is -3.31. The number of aliphatic hydroxyl groups is 1. The molecule has 2 aromatic rings. The van der Waals surface area contributed by atoms with Crippen molar-refractivity contribution in [1.82, 2.24) is 23.9 Å². The maximum absolute atomic E-state index is 11.6. The van der Waals surface area contributed by atoms with Crippen molar-refractivity contribution in [3.05, 3.63) is 17.2 Å². The van der Waals surface area contributed by atoms with Crippen molar-refractivity contribution in [2.24, 2.45) is 5.92 Å². The maximum atomic E-state index is 11.6. The number of nitrogens with zero attached hydrogens (tertiary/aromatic N) is 5. The van der Waals surface area contributed by atoms with Crippen molar-refractivity contribution in [2.75, 3.05) is 24.7 Å². The number of piperidine rings is 1. The molecule has 1 saturated heterocycles. The number of hydrogen-bond donors (Lipinski definition) is 2. The van der Waals surface area contributed by atoms with Gasteiger partial charge in [0.05, 0.1) is 24.6 Å². The lowest BCUT2D eigenvalue weighted by atomic mass is 10.0. The lowest BCUT2D eigenvalue weighted by Gasteiger charge is -2.34. The molecule has 3 rings (SSSR count). The number of rotatable bonds is 5. The monoisotopic (exact) mass is 402 g/mol. The van der Waals surface area contributed by atoms with Crippen LogP contribution in [0.3, 0.4) is 0 Å². The minimum Gasteiger partial charge on any atom is -0.390 e. The Hall–Kier alpha value is -1.49. The van der Waals surface area contributed by atoms with Gasteiger partial charge in [-0.15, -0.1) is 5.10 Å². The fourth-order valence-corrected chi connectivity index (χ4v) is 4.10. The van der Waals surface area contributed by atoms with Crippen molar-refractivity contribution >= 4 is 33.1 Å². The highest BCUT2D eigenvalue weighted by Gasteiger charge is 2.32. The van der Waals surface area contributed by atoms with Crippen LogP contribution in [0.1, 0.15) is 26.1 Å². The number of fused-ring (bicyclic) bond motifs is 1. The van der Waals surface area contributed by atoms with E-state index in [1.54, 1.807) is 10.7 Å². The third kappa shape index (κ3) is 4.08. The van der Waals surface area contributed by atoms with Gasteiger partial charge in [0.2, 0.25) is 16.0 Å². The zero-order valence-corrected chi connectivity index (χ0v) is 16.5. The lowest BCUT2D eigenvalue weighted by Crippen LogP contribution is -2.51. The topological polar surface area (TPSA) is 113 Å². The first-order chi connectivity index (χ1) is 12.1. The van der Waals surface area contributed by atoms with Crippen LogP contribution in [0, 0.1) is 5.92 Å². The Morgan fingerprint density at radius 2 is 2.19 bits per heavy atom. The van der Waals surface area contributed by atoms with Crippen molar-refractivity contribution in [3.63, 3.8) is 0 Å². The molecule has 26 heavy (non-hydrogen) atoms. The van der Waals surface area contributed by atoms with Gasteiger partial charge in [0.1, 0.15) is 11.3 Å². The number of imidazole rings is 1. The van der Waals surface area contributed by atoms with Crippen LogP contribution in [0.25, 0.3) is 5.52 Å². The second-order valence-corrected chi connectivity index (χ2v) is 9.36. The Morgan fingerprint density at radius 3 is 2.81 bits per heavy atom. The van der Waals surface area contributed by atoms with Gasteiger partial charge in [0, 0.05) is 19.5 Å². The summed E-state index contributed by atoms with van der Waals surface area (Å²) < 4.78 is 26.2. The molecule has 1 aliphatic rings. The molecule has 9 nitrogen and oxygen atoms in total. The molecular weight excluding hydrogens is 380 g/mol. The molecule has 0 aliphatic carbocycles. The summed E-state index contributed by atoms with van der Waals surface area (Å²) in [6.07, 6.45) is 3.06. The summed E-state index contributed by atoms with van der Waals surface area (Å²) in [6, 6.07) is -0.335. The average molecular weight is 403 g/mol. The highest BCUT2D eigenvalue weighted by atomic mass is 35.5. The molecular formula is C15H23ClN6O3S. The molecule has 11 heteroatoms. The van der Waals surface area contributed by atoms with Crippen LogP contribution in [-0.2, 0) is 16.4 Å². The van der Waals surface area contributed by atoms with E-state index < -0.39 is 16.1 Å². The summed E-state index contributed by atoms with van der Waals surface area (Å²) in [5.74, 6) is 1.48. The summed E-state index contributed by atoms with van der Waals surface area (Å²) in [6.45, 7) is 4.56. The largest absolute Gasteiger partial charge is 0.390 e. The van der Waals surface area contributed by atoms with Crippen LogP contribution in [-0.4, -0.2) is 68.9 Å². The van der Waals surface area contributed by atoms with Crippen molar-refractivity contribution in [3.8, 4) is 0 Å². The number of β-amino-alcohol motifs (C(OH)–C–C–N with tert-alkyl or cyclic N) is 1. The summed E-state index contributed by atoms with van der Waals surface area (Å²) in [7, 11) is -3.31. The van der Waals surface area contributed by atoms with Crippen molar-refractivity contribution < 1.29 is 13.5 Å². The normalized spacial score (nSPS) is 22.2. The number of aromatic nitrogens is 4. The van der Waals surface area contributed by atoms with Gasteiger partial charge in [-0.05, 0) is 12.3 Å². The summed E-state index contributed by atoms with van der Waals surface area (Å²) in [4.78, 5) is 8.59. The Morgan fingerprint density at radius 1 is 1.46 bits per heavy atom. The van der Waals surface area contributed by atoms with E-state index in [0.29, 0.717) is 35.5 Å². The zero-order chi connectivity index (χ0) is 19.1. The fraction of sp³-hybridized carbons (Fsp3) is 0.667. The first-order valence-electron chi connectivity index (χ1n) is 8.45. The van der Waals surface area contributed by atoms with E-state index in [9.17, 15) is 13.5 Å². The van der Waals surface area contributed by atoms with Gasteiger partial charge in [-0.2, -0.15) is 4.31 Å². The van der Waals surface area contributed by atoms with E-state index >= 15 is 0 Å². The summed E-state index contributed by atoms with van der Waals surface area (Å²) in [5, 5.41) is 18.2. The Labute approximate surface area is 157 Å². The maximum Gasteiger partial charge on any atom is 0.241 e. The van der Waals surface area contributed by atoms with Crippen LogP contribution in [0.4, 0.5) is 5.95 Å². The van der Waals surface area contributed by atoms with Gasteiger partial charge in [-0.1, -0.05) is 25.4 Å². The smallest absolute Gasteiger partial charge is 0.241 e. The SMILES string of the molecule is CC(C)Cc1nc(Cl)c2cnc(N[C@@H]3CCN(S(C)(=O)=O)C[C@H]3O)nn12. The van der Waals surface area contributed by atoms with Crippen molar-refractivity contribution in [1.29, 1.82) is 0 Å². The zero-order valence-electron chi connectivity index (χ0n) is 14.9. The highest BCUT2D eigenvalue weighted by molar-refractivity contribution is 7.88. The molecule has 0 radical (unpaired) electrons. The summed E-state index contributed by atoms with van der Waals surface area (Å²) >= 11 is 6.15. The van der Waals surface area contributed by atoms with Gasteiger partial charge >= 0.3 is 0 Å². The predicted octanol–water partition coefficient (Wildman–Crippen LogP) is 0.783. The third-order valence-electron chi connectivity index (χ3n) is 4.33.